The third-order valence-electron chi connectivity index (χ3n) is 3.15. The lowest BCUT2D eigenvalue weighted by atomic mass is 9.95. The van der Waals surface area contributed by atoms with E-state index in [1.165, 1.54) is 19.5 Å². The summed E-state index contributed by atoms with van der Waals surface area (Å²) < 4.78 is 0. The molecule has 0 unspecified atom stereocenters. The SMILES string of the molecule is CC(C)(C)c1ccc(Cc2ccc(C(C)(C)C)s2)s1. The fourth-order valence-electron chi connectivity index (χ4n) is 1.92. The highest BCUT2D eigenvalue weighted by molar-refractivity contribution is 7.13. The van der Waals surface area contributed by atoms with Crippen LogP contribution in [0.4, 0.5) is 0 Å². The standard InChI is InChI=1S/C17H24S2/c1-16(2,3)14-9-7-12(18-14)11-13-8-10-15(19-13)17(4,5)6/h7-10H,11H2,1-6H3. The van der Waals surface area contributed by atoms with Crippen LogP contribution in [0, 0.1) is 0 Å². The normalized spacial score (nSPS) is 12.9. The minimum Gasteiger partial charge on any atom is -0.144 e. The second kappa shape index (κ2) is 5.06. The van der Waals surface area contributed by atoms with Gasteiger partial charge in [0.2, 0.25) is 0 Å². The van der Waals surface area contributed by atoms with E-state index in [4.69, 9.17) is 0 Å². The van der Waals surface area contributed by atoms with Gasteiger partial charge in [0.25, 0.3) is 0 Å². The molecule has 0 aliphatic carbocycles. The van der Waals surface area contributed by atoms with Gasteiger partial charge in [-0.2, -0.15) is 0 Å². The van der Waals surface area contributed by atoms with Gasteiger partial charge in [0.1, 0.15) is 0 Å². The smallest absolute Gasteiger partial charge is 0.0163 e. The zero-order valence-electron chi connectivity index (χ0n) is 12.8. The second-order valence-electron chi connectivity index (χ2n) is 7.21. The minimum absolute atomic E-state index is 0.273. The van der Waals surface area contributed by atoms with Gasteiger partial charge in [-0.25, -0.2) is 0 Å². The van der Waals surface area contributed by atoms with Gasteiger partial charge >= 0.3 is 0 Å². The summed E-state index contributed by atoms with van der Waals surface area (Å²) in [4.78, 5) is 5.92. The lowest BCUT2D eigenvalue weighted by molar-refractivity contribution is 0.603. The van der Waals surface area contributed by atoms with E-state index in [0.717, 1.165) is 6.42 Å². The van der Waals surface area contributed by atoms with E-state index in [1.54, 1.807) is 0 Å². The summed E-state index contributed by atoms with van der Waals surface area (Å²) in [5, 5.41) is 0. The first-order valence-corrected chi connectivity index (χ1v) is 8.48. The molecule has 2 aromatic heterocycles. The number of rotatable bonds is 2. The van der Waals surface area contributed by atoms with Gasteiger partial charge in [0.15, 0.2) is 0 Å². The van der Waals surface area contributed by atoms with Crippen LogP contribution >= 0.6 is 22.7 Å². The van der Waals surface area contributed by atoms with Crippen molar-refractivity contribution in [2.24, 2.45) is 0 Å². The minimum atomic E-state index is 0.273. The zero-order chi connectivity index (χ0) is 14.3. The number of hydrogen-bond donors (Lipinski definition) is 0. The summed E-state index contributed by atoms with van der Waals surface area (Å²) in [7, 11) is 0. The van der Waals surface area contributed by atoms with Gasteiger partial charge in [-0.05, 0) is 35.1 Å². The highest BCUT2D eigenvalue weighted by Crippen LogP contribution is 2.34. The molecule has 2 heteroatoms. The lowest BCUT2D eigenvalue weighted by Gasteiger charge is -2.15. The highest BCUT2D eigenvalue weighted by Gasteiger charge is 2.18. The molecule has 0 N–H and O–H groups in total. The van der Waals surface area contributed by atoms with Crippen LogP contribution in [0.1, 0.15) is 61.1 Å². The van der Waals surface area contributed by atoms with Gasteiger partial charge in [-0.1, -0.05) is 41.5 Å². The summed E-state index contributed by atoms with van der Waals surface area (Å²) >= 11 is 3.92. The summed E-state index contributed by atoms with van der Waals surface area (Å²) in [6, 6.07) is 9.17. The van der Waals surface area contributed by atoms with Crippen LogP contribution in [-0.2, 0) is 17.3 Å². The van der Waals surface area contributed by atoms with Crippen molar-refractivity contribution in [2.75, 3.05) is 0 Å². The molecule has 0 amide bonds. The molecule has 0 nitrogen and oxygen atoms in total. The van der Waals surface area contributed by atoms with Crippen molar-refractivity contribution in [2.45, 2.75) is 58.8 Å². The van der Waals surface area contributed by atoms with Crippen molar-refractivity contribution in [3.63, 3.8) is 0 Å². The Morgan fingerprint density at radius 1 is 0.684 bits per heavy atom. The second-order valence-corrected chi connectivity index (χ2v) is 9.55. The first kappa shape index (κ1) is 14.8. The first-order chi connectivity index (χ1) is 8.66. The first-order valence-electron chi connectivity index (χ1n) is 6.84. The molecule has 2 rings (SSSR count). The molecule has 0 aliphatic rings. The molecule has 2 heterocycles. The van der Waals surface area contributed by atoms with Gasteiger partial charge in [0, 0.05) is 25.9 Å². The molecular weight excluding hydrogens is 268 g/mol. The van der Waals surface area contributed by atoms with Gasteiger partial charge in [0.05, 0.1) is 0 Å². The average molecular weight is 293 g/mol. The Balaban J connectivity index is 2.14. The fraction of sp³-hybridized carbons (Fsp3) is 0.529. The maximum atomic E-state index is 2.29. The Hall–Kier alpha value is -0.600. The maximum Gasteiger partial charge on any atom is 0.0163 e. The van der Waals surface area contributed by atoms with Gasteiger partial charge in [-0.3, -0.25) is 0 Å². The van der Waals surface area contributed by atoms with E-state index in [0.29, 0.717) is 0 Å². The Morgan fingerprint density at radius 3 is 1.32 bits per heavy atom. The van der Waals surface area contributed by atoms with E-state index < -0.39 is 0 Å². The summed E-state index contributed by atoms with van der Waals surface area (Å²) in [5.41, 5.74) is 0.546. The molecule has 0 bridgehead atoms. The number of hydrogen-bond acceptors (Lipinski definition) is 2. The summed E-state index contributed by atoms with van der Waals surface area (Å²) in [6.45, 7) is 13.7. The third-order valence-corrected chi connectivity index (χ3v) is 6.17. The van der Waals surface area contributed by atoms with Crippen LogP contribution < -0.4 is 0 Å². The fourth-order valence-corrected chi connectivity index (χ4v) is 4.19. The highest BCUT2D eigenvalue weighted by atomic mass is 32.1. The summed E-state index contributed by atoms with van der Waals surface area (Å²) in [6.07, 6.45) is 1.08. The van der Waals surface area contributed by atoms with E-state index in [9.17, 15) is 0 Å². The molecule has 2 aromatic rings. The average Bonchev–Trinajstić information content (AvgIpc) is 2.84. The van der Waals surface area contributed by atoms with Gasteiger partial charge in [-0.15, -0.1) is 22.7 Å². The topological polar surface area (TPSA) is 0 Å². The largest absolute Gasteiger partial charge is 0.144 e. The molecule has 0 atom stereocenters. The van der Waals surface area contributed by atoms with Crippen molar-refractivity contribution >= 4 is 22.7 Å². The van der Waals surface area contributed by atoms with Crippen molar-refractivity contribution in [3.05, 3.63) is 43.8 Å². The predicted octanol–water partition coefficient (Wildman–Crippen LogP) is 6.00. The molecule has 0 saturated heterocycles. The molecule has 0 radical (unpaired) electrons. The lowest BCUT2D eigenvalue weighted by Crippen LogP contribution is -2.07. The Labute approximate surface area is 125 Å². The number of thiophene rings is 2. The van der Waals surface area contributed by atoms with E-state index in [2.05, 4.69) is 65.8 Å². The molecule has 0 aromatic carbocycles. The van der Waals surface area contributed by atoms with E-state index in [-0.39, 0.29) is 10.8 Å². The van der Waals surface area contributed by atoms with Crippen molar-refractivity contribution in [1.29, 1.82) is 0 Å². The molecule has 104 valence electrons. The Bertz CT molecular complexity index is 494. The van der Waals surface area contributed by atoms with Crippen molar-refractivity contribution in [1.82, 2.24) is 0 Å². The van der Waals surface area contributed by atoms with Crippen molar-refractivity contribution < 1.29 is 0 Å². The third kappa shape index (κ3) is 3.70. The molecule has 0 saturated carbocycles. The summed E-state index contributed by atoms with van der Waals surface area (Å²) in [5.74, 6) is 0. The van der Waals surface area contributed by atoms with Crippen LogP contribution in [0.5, 0.6) is 0 Å². The molecular formula is C17H24S2. The Morgan fingerprint density at radius 2 is 1.05 bits per heavy atom. The van der Waals surface area contributed by atoms with E-state index >= 15 is 0 Å². The molecule has 0 fully saturated rings. The quantitative estimate of drug-likeness (QED) is 0.637. The van der Waals surface area contributed by atoms with Gasteiger partial charge < -0.3 is 0 Å². The maximum absolute atomic E-state index is 2.29. The Kier molecular flexibility index (Phi) is 3.95. The molecule has 19 heavy (non-hydrogen) atoms. The zero-order valence-corrected chi connectivity index (χ0v) is 14.5. The molecule has 0 spiro atoms. The van der Waals surface area contributed by atoms with E-state index in [1.807, 2.05) is 22.7 Å². The molecule has 0 aliphatic heterocycles. The predicted molar refractivity (Wildman–Crippen MR) is 88.8 cm³/mol. The van der Waals surface area contributed by atoms with Crippen LogP contribution in [-0.4, -0.2) is 0 Å². The van der Waals surface area contributed by atoms with Crippen LogP contribution in [0.15, 0.2) is 24.3 Å². The van der Waals surface area contributed by atoms with Crippen molar-refractivity contribution in [3.8, 4) is 0 Å². The van der Waals surface area contributed by atoms with Crippen LogP contribution in [0.3, 0.4) is 0 Å². The monoisotopic (exact) mass is 292 g/mol. The van der Waals surface area contributed by atoms with Crippen LogP contribution in [0.2, 0.25) is 0 Å². The van der Waals surface area contributed by atoms with Crippen LogP contribution in [0.25, 0.3) is 0 Å².